The van der Waals surface area contributed by atoms with Gasteiger partial charge in [0.25, 0.3) is 0 Å². The molecule has 0 aliphatic carbocycles. The van der Waals surface area contributed by atoms with Crippen LogP contribution in [0.4, 0.5) is 5.69 Å². The molecular weight excluding hydrogens is 328 g/mol. The summed E-state index contributed by atoms with van der Waals surface area (Å²) < 4.78 is 0. The van der Waals surface area contributed by atoms with Gasteiger partial charge in [-0.2, -0.15) is 0 Å². The first-order valence-corrected chi connectivity index (χ1v) is 8.86. The van der Waals surface area contributed by atoms with Crippen molar-refractivity contribution in [1.82, 2.24) is 5.32 Å². The van der Waals surface area contributed by atoms with Gasteiger partial charge in [-0.25, -0.2) is 0 Å². The number of nitrogens with one attached hydrogen (secondary N) is 2. The Morgan fingerprint density at radius 2 is 1.56 bits per heavy atom. The molecule has 0 saturated heterocycles. The maximum absolute atomic E-state index is 11.3. The van der Waals surface area contributed by atoms with Gasteiger partial charge in [0.2, 0.25) is 0 Å². The fraction of sp³-hybridized carbons (Fsp3) is 0.333. The first-order valence-electron chi connectivity index (χ1n) is 8.46. The molecule has 0 fully saturated rings. The molecule has 0 bridgehead atoms. The van der Waals surface area contributed by atoms with E-state index in [0.717, 1.165) is 5.69 Å². The van der Waals surface area contributed by atoms with E-state index in [0.29, 0.717) is 10.7 Å². The molecule has 0 amide bonds. The molecule has 0 aliphatic rings. The third-order valence-electron chi connectivity index (χ3n) is 4.17. The average Bonchev–Trinajstić information content (AvgIpc) is 2.54. The van der Waals surface area contributed by atoms with Crippen LogP contribution in [0.2, 0.25) is 0 Å². The summed E-state index contributed by atoms with van der Waals surface area (Å²) in [6.45, 7) is 10.3. The van der Waals surface area contributed by atoms with Crippen LogP contribution in [0.25, 0.3) is 0 Å². The Balaban J connectivity index is 1.96. The zero-order chi connectivity index (χ0) is 18.6. The highest BCUT2D eigenvalue weighted by Crippen LogP contribution is 2.24. The van der Waals surface area contributed by atoms with Crippen LogP contribution >= 0.6 is 12.2 Å². The Morgan fingerprint density at radius 1 is 1.00 bits per heavy atom. The van der Waals surface area contributed by atoms with Gasteiger partial charge in [0.05, 0.1) is 6.04 Å². The summed E-state index contributed by atoms with van der Waals surface area (Å²) in [5, 5.41) is 7.01. The van der Waals surface area contributed by atoms with E-state index in [-0.39, 0.29) is 17.2 Å². The lowest BCUT2D eigenvalue weighted by molar-refractivity contribution is 0.101. The fourth-order valence-electron chi connectivity index (χ4n) is 2.51. The second-order valence-corrected chi connectivity index (χ2v) is 7.73. The molecule has 4 heteroatoms. The maximum Gasteiger partial charge on any atom is 0.171 e. The largest absolute Gasteiger partial charge is 0.356 e. The number of benzene rings is 2. The first-order chi connectivity index (χ1) is 11.7. The number of Topliss-reactive ketones (excluding diaryl/α,β-unsaturated/α-hetero) is 1. The van der Waals surface area contributed by atoms with Gasteiger partial charge in [0.1, 0.15) is 0 Å². The average molecular weight is 355 g/mol. The lowest BCUT2D eigenvalue weighted by atomic mass is 9.86. The molecule has 25 heavy (non-hydrogen) atoms. The zero-order valence-corrected chi connectivity index (χ0v) is 16.3. The fourth-order valence-corrected chi connectivity index (χ4v) is 2.80. The van der Waals surface area contributed by atoms with Gasteiger partial charge in [0.15, 0.2) is 10.9 Å². The smallest absolute Gasteiger partial charge is 0.171 e. The molecule has 132 valence electrons. The van der Waals surface area contributed by atoms with E-state index in [1.54, 1.807) is 19.1 Å². The van der Waals surface area contributed by atoms with Crippen LogP contribution in [-0.2, 0) is 5.41 Å². The minimum absolute atomic E-state index is 0.0552. The molecule has 1 atom stereocenters. The van der Waals surface area contributed by atoms with Crippen molar-refractivity contribution in [2.45, 2.75) is 46.1 Å². The summed E-state index contributed by atoms with van der Waals surface area (Å²) in [6, 6.07) is 16.0. The van der Waals surface area contributed by atoms with Crippen LogP contribution in [0.3, 0.4) is 0 Å². The number of hydrogen-bond acceptors (Lipinski definition) is 2. The normalized spacial score (nSPS) is 12.4. The van der Waals surface area contributed by atoms with E-state index in [1.807, 2.05) is 12.1 Å². The Morgan fingerprint density at radius 3 is 2.04 bits per heavy atom. The van der Waals surface area contributed by atoms with Crippen molar-refractivity contribution in [3.8, 4) is 0 Å². The number of anilines is 1. The Bertz CT molecular complexity index is 743. The van der Waals surface area contributed by atoms with Crippen molar-refractivity contribution in [3.63, 3.8) is 0 Å². The topological polar surface area (TPSA) is 41.1 Å². The molecular formula is C21H26N2OS. The second kappa shape index (κ2) is 7.79. The molecule has 0 aromatic heterocycles. The summed E-state index contributed by atoms with van der Waals surface area (Å²) in [5.41, 5.74) is 4.20. The molecule has 2 aromatic carbocycles. The van der Waals surface area contributed by atoms with Crippen molar-refractivity contribution in [3.05, 3.63) is 65.2 Å². The summed E-state index contributed by atoms with van der Waals surface area (Å²) >= 11 is 5.39. The summed E-state index contributed by atoms with van der Waals surface area (Å²) in [7, 11) is 0. The van der Waals surface area contributed by atoms with E-state index < -0.39 is 0 Å². The van der Waals surface area contributed by atoms with Gasteiger partial charge in [0, 0.05) is 11.3 Å². The minimum atomic E-state index is 0.0552. The molecule has 0 spiro atoms. The quantitative estimate of drug-likeness (QED) is 0.582. The van der Waals surface area contributed by atoms with Crippen molar-refractivity contribution in [1.29, 1.82) is 0 Å². The minimum Gasteiger partial charge on any atom is -0.356 e. The number of rotatable bonds is 4. The molecule has 0 saturated carbocycles. The molecule has 2 N–H and O–H groups in total. The molecule has 3 nitrogen and oxygen atoms in total. The summed E-state index contributed by atoms with van der Waals surface area (Å²) in [6.07, 6.45) is 0. The standard InChI is InChI=1S/C21H26N2OS/c1-14(16-6-10-18(11-7-16)21(3,4)5)22-20(25)23-19-12-8-17(9-13-19)15(2)24/h6-14H,1-5H3,(H2,22,23,25)/t14-/m0/s1. The Kier molecular flexibility index (Phi) is 5.96. The Hall–Kier alpha value is -2.20. The monoisotopic (exact) mass is 354 g/mol. The highest BCUT2D eigenvalue weighted by Gasteiger charge is 2.14. The lowest BCUT2D eigenvalue weighted by Gasteiger charge is -2.21. The number of ketones is 1. The van der Waals surface area contributed by atoms with Gasteiger partial charge in [-0.1, -0.05) is 45.0 Å². The van der Waals surface area contributed by atoms with Crippen molar-refractivity contribution in [2.75, 3.05) is 5.32 Å². The van der Waals surface area contributed by atoms with Gasteiger partial charge in [-0.15, -0.1) is 0 Å². The number of carbonyl (C=O) groups is 1. The zero-order valence-electron chi connectivity index (χ0n) is 15.5. The number of hydrogen-bond donors (Lipinski definition) is 2. The third kappa shape index (κ3) is 5.40. The summed E-state index contributed by atoms with van der Waals surface area (Å²) in [5.74, 6) is 0.0552. The third-order valence-corrected chi connectivity index (χ3v) is 4.39. The molecule has 0 unspecified atom stereocenters. The highest BCUT2D eigenvalue weighted by atomic mass is 32.1. The first kappa shape index (κ1) is 19.1. The van der Waals surface area contributed by atoms with Crippen LogP contribution < -0.4 is 10.6 Å². The molecule has 0 aliphatic heterocycles. The van der Waals surface area contributed by atoms with E-state index in [2.05, 4.69) is 62.6 Å². The van der Waals surface area contributed by atoms with Crippen LogP contribution in [-0.4, -0.2) is 10.9 Å². The number of thiocarbonyl (C=S) groups is 1. The van der Waals surface area contributed by atoms with E-state index >= 15 is 0 Å². The van der Waals surface area contributed by atoms with Crippen LogP contribution in [0.5, 0.6) is 0 Å². The highest BCUT2D eigenvalue weighted by molar-refractivity contribution is 7.80. The van der Waals surface area contributed by atoms with Crippen molar-refractivity contribution in [2.24, 2.45) is 0 Å². The predicted molar refractivity (Wildman–Crippen MR) is 109 cm³/mol. The van der Waals surface area contributed by atoms with Crippen LogP contribution in [0.1, 0.15) is 62.1 Å². The Labute approximate surface area is 155 Å². The molecule has 0 radical (unpaired) electrons. The number of carbonyl (C=O) groups excluding carboxylic acids is 1. The molecule has 2 rings (SSSR count). The maximum atomic E-state index is 11.3. The summed E-state index contributed by atoms with van der Waals surface area (Å²) in [4.78, 5) is 11.3. The second-order valence-electron chi connectivity index (χ2n) is 7.33. The van der Waals surface area contributed by atoms with Gasteiger partial charge >= 0.3 is 0 Å². The van der Waals surface area contributed by atoms with Crippen molar-refractivity contribution < 1.29 is 4.79 Å². The molecule has 0 heterocycles. The molecule has 2 aromatic rings. The van der Waals surface area contributed by atoms with E-state index in [9.17, 15) is 4.79 Å². The van der Waals surface area contributed by atoms with Crippen molar-refractivity contribution >= 4 is 28.8 Å². The van der Waals surface area contributed by atoms with Gasteiger partial charge < -0.3 is 10.6 Å². The van der Waals surface area contributed by atoms with Gasteiger partial charge in [-0.05, 0) is 66.9 Å². The van der Waals surface area contributed by atoms with Crippen LogP contribution in [0.15, 0.2) is 48.5 Å². The van der Waals surface area contributed by atoms with Gasteiger partial charge in [-0.3, -0.25) is 4.79 Å². The SMILES string of the molecule is CC(=O)c1ccc(NC(=S)N[C@@H](C)c2ccc(C(C)(C)C)cc2)cc1. The van der Waals surface area contributed by atoms with Crippen LogP contribution in [0, 0.1) is 0 Å². The van der Waals surface area contributed by atoms with E-state index in [1.165, 1.54) is 11.1 Å². The lowest BCUT2D eigenvalue weighted by Crippen LogP contribution is -2.30. The predicted octanol–water partition coefficient (Wildman–Crippen LogP) is 5.23. The van der Waals surface area contributed by atoms with E-state index in [4.69, 9.17) is 12.2 Å².